The van der Waals surface area contributed by atoms with Crippen molar-refractivity contribution in [3.8, 4) is 0 Å². The Hall–Kier alpha value is -6.12. The Morgan fingerprint density at radius 2 is 1.60 bits per heavy atom. The fraction of sp³-hybridized carbons (Fsp3) is 0.395. The van der Waals surface area contributed by atoms with Crippen molar-refractivity contribution in [2.45, 2.75) is 70.1 Å². The van der Waals surface area contributed by atoms with E-state index in [9.17, 15) is 32.0 Å². The molecular weight excluding hydrogens is 844 g/mol. The lowest BCUT2D eigenvalue weighted by Crippen LogP contribution is -2.54. The summed E-state index contributed by atoms with van der Waals surface area (Å²) in [7, 11) is -3.90. The third-order valence-electron chi connectivity index (χ3n) is 11.2. The number of hydrogen-bond donors (Lipinski definition) is 5. The molecule has 1 aromatic heterocycles. The molecule has 2 fully saturated rings. The quantitative estimate of drug-likeness (QED) is 0.0694. The summed E-state index contributed by atoms with van der Waals surface area (Å²) in [5, 5.41) is 11.2. The van der Waals surface area contributed by atoms with Gasteiger partial charge in [-0.2, -0.15) is 4.98 Å². The molecule has 0 bridgehead atoms. The number of nitrogens with one attached hydrogen (secondary N) is 5. The van der Waals surface area contributed by atoms with Crippen molar-refractivity contribution < 1.29 is 45.5 Å². The minimum absolute atomic E-state index is 0.0108. The zero-order valence-corrected chi connectivity index (χ0v) is 35.9. The van der Waals surface area contributed by atoms with Crippen molar-refractivity contribution >= 4 is 68.2 Å². The molecule has 4 amide bonds. The lowest BCUT2D eigenvalue weighted by atomic mass is 9.88. The van der Waals surface area contributed by atoms with Crippen LogP contribution in [0, 0.1) is 24.4 Å². The third kappa shape index (κ3) is 9.92. The Labute approximate surface area is 362 Å². The van der Waals surface area contributed by atoms with E-state index in [0.29, 0.717) is 75.0 Å². The maximum Gasteiger partial charge on any atom is 0.264 e. The predicted molar refractivity (Wildman–Crippen MR) is 229 cm³/mol. The van der Waals surface area contributed by atoms with Gasteiger partial charge in [0.15, 0.2) is 0 Å². The highest BCUT2D eigenvalue weighted by Crippen LogP contribution is 2.35. The monoisotopic (exact) mass is 891 g/mol. The van der Waals surface area contributed by atoms with Gasteiger partial charge in [0.05, 0.1) is 34.8 Å². The summed E-state index contributed by atoms with van der Waals surface area (Å²) in [5.74, 6) is -4.48. The molecule has 1 atom stereocenters. The summed E-state index contributed by atoms with van der Waals surface area (Å²) in [5.41, 5.74) is 1.57. The minimum Gasteiger partial charge on any atom is -0.382 e. The van der Waals surface area contributed by atoms with Gasteiger partial charge in [0.2, 0.25) is 27.8 Å². The zero-order valence-electron chi connectivity index (χ0n) is 35.1. The van der Waals surface area contributed by atoms with Crippen LogP contribution in [-0.4, -0.2) is 102 Å². The van der Waals surface area contributed by atoms with Gasteiger partial charge in [-0.15, -0.1) is 0 Å². The molecule has 3 aromatic carbocycles. The molecule has 4 aromatic rings. The number of aryl methyl sites for hydroxylation is 1. The molecule has 334 valence electrons. The number of ether oxygens (including phenoxy) is 1. The number of carbonyl (C=O) groups excluding carboxylic acids is 4. The van der Waals surface area contributed by atoms with Crippen molar-refractivity contribution in [1.82, 2.24) is 25.1 Å². The Morgan fingerprint density at radius 1 is 0.873 bits per heavy atom. The van der Waals surface area contributed by atoms with Crippen molar-refractivity contribution in [3.05, 3.63) is 94.4 Å². The average molecular weight is 892 g/mol. The van der Waals surface area contributed by atoms with E-state index in [1.807, 2.05) is 0 Å². The highest BCUT2D eigenvalue weighted by molar-refractivity contribution is 7.94. The lowest BCUT2D eigenvalue weighted by molar-refractivity contribution is -0.136. The van der Waals surface area contributed by atoms with E-state index in [-0.39, 0.29) is 52.8 Å². The van der Waals surface area contributed by atoms with E-state index in [4.69, 9.17) is 4.74 Å². The largest absolute Gasteiger partial charge is 0.382 e. The molecule has 4 heterocycles. The predicted octanol–water partition coefficient (Wildman–Crippen LogP) is 5.94. The first-order valence-electron chi connectivity index (χ1n) is 20.5. The number of fused-ring (bicyclic) bond motifs is 1. The zero-order chi connectivity index (χ0) is 45.2. The molecule has 63 heavy (non-hydrogen) atoms. The van der Waals surface area contributed by atoms with Gasteiger partial charge >= 0.3 is 0 Å². The number of benzene rings is 3. The number of aromatic nitrogens is 2. The number of halogens is 3. The van der Waals surface area contributed by atoms with Crippen LogP contribution in [0.5, 0.6) is 0 Å². The van der Waals surface area contributed by atoms with Crippen LogP contribution in [-0.2, 0) is 24.3 Å². The van der Waals surface area contributed by atoms with Crippen molar-refractivity contribution in [3.63, 3.8) is 0 Å². The second-order valence-corrected chi connectivity index (χ2v) is 19.0. The molecule has 1 unspecified atom stereocenters. The summed E-state index contributed by atoms with van der Waals surface area (Å²) in [6, 6.07) is 10.0. The van der Waals surface area contributed by atoms with Gasteiger partial charge in [-0.3, -0.25) is 34.1 Å². The number of nitrogens with zero attached hydrogens (tertiary/aromatic N) is 4. The Bertz CT molecular complexity index is 2540. The van der Waals surface area contributed by atoms with Crippen molar-refractivity contribution in [2.24, 2.45) is 0 Å². The number of sulfonamides is 1. The van der Waals surface area contributed by atoms with Crippen molar-refractivity contribution in [2.75, 3.05) is 60.1 Å². The topological polar surface area (TPSA) is 204 Å². The molecule has 2 saturated heterocycles. The first kappa shape index (κ1) is 44.9. The first-order chi connectivity index (χ1) is 29.9. The highest BCUT2D eigenvalue weighted by Gasteiger charge is 2.45. The van der Waals surface area contributed by atoms with Gasteiger partial charge in [-0.25, -0.2) is 26.6 Å². The maximum atomic E-state index is 15.6. The number of rotatable bonds is 15. The van der Waals surface area contributed by atoms with Gasteiger partial charge in [0.1, 0.15) is 29.3 Å². The fourth-order valence-electron chi connectivity index (χ4n) is 7.58. The molecule has 0 radical (unpaired) electrons. The lowest BCUT2D eigenvalue weighted by Gasteiger charge is -2.32. The van der Waals surface area contributed by atoms with Crippen LogP contribution < -0.4 is 26.0 Å². The second kappa shape index (κ2) is 18.3. The smallest absolute Gasteiger partial charge is 0.264 e. The van der Waals surface area contributed by atoms with Crippen LogP contribution in [0.4, 0.5) is 47.7 Å². The van der Waals surface area contributed by atoms with Crippen LogP contribution in [0.3, 0.4) is 0 Å². The summed E-state index contributed by atoms with van der Waals surface area (Å²) in [6.07, 6.45) is 2.65. The number of piperidine rings is 2. The molecule has 16 nitrogen and oxygen atoms in total. The Morgan fingerprint density at radius 3 is 2.30 bits per heavy atom. The van der Waals surface area contributed by atoms with Gasteiger partial charge in [0.25, 0.3) is 11.8 Å². The number of amides is 4. The van der Waals surface area contributed by atoms with E-state index >= 15 is 8.78 Å². The van der Waals surface area contributed by atoms with Crippen LogP contribution in [0.1, 0.15) is 84.2 Å². The van der Waals surface area contributed by atoms with E-state index in [0.717, 1.165) is 11.0 Å². The molecule has 5 N–H and O–H groups in total. The third-order valence-corrected chi connectivity index (χ3v) is 13.3. The van der Waals surface area contributed by atoms with Gasteiger partial charge in [0, 0.05) is 53.9 Å². The Balaban J connectivity index is 0.872. The molecule has 20 heteroatoms. The van der Waals surface area contributed by atoms with Crippen LogP contribution in [0.25, 0.3) is 0 Å². The van der Waals surface area contributed by atoms with Gasteiger partial charge in [-0.1, -0.05) is 6.07 Å². The number of imide groups is 2. The Kier molecular flexibility index (Phi) is 13.1. The molecule has 0 saturated carbocycles. The summed E-state index contributed by atoms with van der Waals surface area (Å²) in [6.45, 7) is 9.02. The number of anilines is 6. The SMILES string of the molecule is Cc1cnc(Nc2cc(F)c(C3CCN(CCOCCNc4cccc5c4C(=O)N(C4CCC(=O)NC4=O)C5=O)CC3)c(F)c2)nc1Nc1ccc(F)c(NS(=O)(=O)C(C)(C)C)c1. The van der Waals surface area contributed by atoms with Crippen LogP contribution in [0.2, 0.25) is 0 Å². The summed E-state index contributed by atoms with van der Waals surface area (Å²) >= 11 is 0. The van der Waals surface area contributed by atoms with E-state index in [1.54, 1.807) is 19.1 Å². The molecule has 3 aliphatic heterocycles. The second-order valence-electron chi connectivity index (χ2n) is 16.6. The summed E-state index contributed by atoms with van der Waals surface area (Å²) < 4.78 is 77.9. The normalized spacial score (nSPS) is 17.4. The number of carbonyl (C=O) groups is 4. The maximum absolute atomic E-state index is 15.6. The molecule has 7 rings (SSSR count). The number of hydrogen-bond acceptors (Lipinski definition) is 13. The average Bonchev–Trinajstić information content (AvgIpc) is 3.47. The molecule has 0 spiro atoms. The summed E-state index contributed by atoms with van der Waals surface area (Å²) in [4.78, 5) is 62.2. The van der Waals surface area contributed by atoms with Gasteiger partial charge in [-0.05, 0) is 108 Å². The molecular formula is C43H48F3N9O7S. The number of likely N-dealkylation sites (tertiary alicyclic amines) is 1. The molecule has 0 aliphatic carbocycles. The fourth-order valence-corrected chi connectivity index (χ4v) is 8.33. The highest BCUT2D eigenvalue weighted by atomic mass is 32.2. The van der Waals surface area contributed by atoms with Crippen LogP contribution in [0.15, 0.2) is 54.7 Å². The minimum atomic E-state index is -3.90. The standard InChI is InChI=1S/C43H48F3N9O7S/c1-24-23-48-42(52-38(24)49-26-8-9-29(44)33(22-26)53-63(60,61)43(2,3)4)50-27-20-30(45)36(31(46)21-27)25-12-15-54(16-13-25)17-19-62-18-14-47-32-7-5-6-28-37(32)41(59)55(40(28)58)34-10-11-35(56)51-39(34)57/h5-9,20-23,25,34,47,53H,10-19H2,1-4H3,(H,51,56,57)(H2,48,49,50,52). The first-order valence-corrected chi connectivity index (χ1v) is 22.0. The van der Waals surface area contributed by atoms with Crippen molar-refractivity contribution in [1.29, 1.82) is 0 Å². The molecule has 3 aliphatic rings. The van der Waals surface area contributed by atoms with E-state index in [2.05, 4.69) is 40.9 Å². The van der Waals surface area contributed by atoms with Crippen LogP contribution >= 0.6 is 0 Å². The van der Waals surface area contributed by atoms with Gasteiger partial charge < -0.3 is 25.6 Å². The van der Waals surface area contributed by atoms with E-state index < -0.39 is 61.9 Å². The van der Waals surface area contributed by atoms with E-state index in [1.165, 1.54) is 57.3 Å².